The van der Waals surface area contributed by atoms with Gasteiger partial charge in [-0.05, 0) is 28.1 Å². The third-order valence-electron chi connectivity index (χ3n) is 1.93. The maximum absolute atomic E-state index is 13.3. The van der Waals surface area contributed by atoms with Crippen molar-refractivity contribution >= 4 is 15.9 Å². The molecule has 17 heavy (non-hydrogen) atoms. The Balaban J connectivity index is 2.53. The summed E-state index contributed by atoms with van der Waals surface area (Å²) >= 11 is 2.66. The zero-order valence-corrected chi connectivity index (χ0v) is 9.60. The number of rotatable bonds is 1. The van der Waals surface area contributed by atoms with Gasteiger partial charge in [0.2, 0.25) is 0 Å². The lowest BCUT2D eigenvalue weighted by atomic mass is 10.3. The lowest BCUT2D eigenvalue weighted by molar-refractivity contribution is -0.141. The highest BCUT2D eigenvalue weighted by atomic mass is 79.9. The Bertz CT molecular complexity index is 549. The van der Waals surface area contributed by atoms with Gasteiger partial charge in [0, 0.05) is 6.20 Å². The van der Waals surface area contributed by atoms with Crippen LogP contribution in [0.2, 0.25) is 0 Å². The first-order valence-electron chi connectivity index (χ1n) is 4.33. The zero-order chi connectivity index (χ0) is 12.6. The minimum absolute atomic E-state index is 0.260. The number of aromatic amines is 1. The second-order valence-electron chi connectivity index (χ2n) is 3.08. The maximum Gasteiger partial charge on any atom is 0.433 e. The molecule has 0 aliphatic carbocycles. The van der Waals surface area contributed by atoms with Gasteiger partial charge in [-0.15, -0.1) is 0 Å². The molecule has 0 unspecified atom stereocenters. The van der Waals surface area contributed by atoms with Crippen LogP contribution in [0.4, 0.5) is 17.6 Å². The molecule has 2 aromatic heterocycles. The number of hydrogen-bond acceptors (Lipinski definition) is 2. The second-order valence-corrected chi connectivity index (χ2v) is 3.83. The summed E-state index contributed by atoms with van der Waals surface area (Å²) in [6.45, 7) is 0. The third-order valence-corrected chi connectivity index (χ3v) is 2.50. The molecule has 0 radical (unpaired) electrons. The predicted octanol–water partition coefficient (Wildman–Crippen LogP) is 3.39. The van der Waals surface area contributed by atoms with Crippen LogP contribution in [-0.2, 0) is 6.18 Å². The minimum atomic E-state index is -4.59. The van der Waals surface area contributed by atoms with Gasteiger partial charge in [-0.2, -0.15) is 13.2 Å². The van der Waals surface area contributed by atoms with Gasteiger partial charge in [0.25, 0.3) is 0 Å². The Hall–Kier alpha value is -1.44. The molecule has 0 aliphatic rings. The monoisotopic (exact) mass is 309 g/mol. The Morgan fingerprint density at radius 1 is 1.29 bits per heavy atom. The average molecular weight is 310 g/mol. The van der Waals surface area contributed by atoms with Crippen molar-refractivity contribution < 1.29 is 17.6 Å². The van der Waals surface area contributed by atoms with Gasteiger partial charge in [-0.3, -0.25) is 0 Å². The van der Waals surface area contributed by atoms with E-state index >= 15 is 0 Å². The first kappa shape index (κ1) is 12.0. The van der Waals surface area contributed by atoms with Crippen molar-refractivity contribution in [1.82, 2.24) is 15.0 Å². The van der Waals surface area contributed by atoms with Gasteiger partial charge in [0.05, 0.1) is 0 Å². The van der Waals surface area contributed by atoms with Crippen molar-refractivity contribution in [3.05, 3.63) is 34.4 Å². The molecule has 0 amide bonds. The van der Waals surface area contributed by atoms with Crippen molar-refractivity contribution in [2.24, 2.45) is 0 Å². The summed E-state index contributed by atoms with van der Waals surface area (Å²) in [5.74, 6) is -1.02. The van der Waals surface area contributed by atoms with Crippen molar-refractivity contribution in [2.75, 3.05) is 0 Å². The number of H-pyrrole nitrogens is 1. The van der Waals surface area contributed by atoms with E-state index in [0.717, 1.165) is 6.07 Å². The molecule has 3 nitrogen and oxygen atoms in total. The Morgan fingerprint density at radius 2 is 2.00 bits per heavy atom. The van der Waals surface area contributed by atoms with E-state index in [1.54, 1.807) is 0 Å². The molecular formula is C9H4BrF4N3. The summed E-state index contributed by atoms with van der Waals surface area (Å²) in [6.07, 6.45) is -3.32. The van der Waals surface area contributed by atoms with E-state index in [0.29, 0.717) is 0 Å². The second kappa shape index (κ2) is 4.10. The standard InChI is InChI=1S/C9H4BrF4N3/c10-7-6(9(12,13)14)16-8(17-7)5-4(11)2-1-3-15-5/h1-3H,(H,16,17). The normalized spacial score (nSPS) is 11.8. The van der Waals surface area contributed by atoms with Crippen molar-refractivity contribution in [3.63, 3.8) is 0 Å². The quantitative estimate of drug-likeness (QED) is 0.820. The molecule has 2 aromatic rings. The summed E-state index contributed by atoms with van der Waals surface area (Å²) in [5, 5.41) is 0. The van der Waals surface area contributed by atoms with Gasteiger partial charge in [0.15, 0.2) is 17.3 Å². The van der Waals surface area contributed by atoms with Gasteiger partial charge in [-0.1, -0.05) is 0 Å². The molecule has 0 saturated heterocycles. The average Bonchev–Trinajstić information content (AvgIpc) is 2.60. The molecule has 0 bridgehead atoms. The van der Waals surface area contributed by atoms with Crippen LogP contribution in [0.3, 0.4) is 0 Å². The van der Waals surface area contributed by atoms with Crippen LogP contribution in [0.1, 0.15) is 5.69 Å². The Kier molecular flexibility index (Phi) is 2.90. The van der Waals surface area contributed by atoms with E-state index in [1.807, 2.05) is 4.98 Å². The molecule has 0 fully saturated rings. The molecule has 90 valence electrons. The van der Waals surface area contributed by atoms with Gasteiger partial charge in [-0.25, -0.2) is 14.4 Å². The fraction of sp³-hybridized carbons (Fsp3) is 0.111. The Labute approximate surface area is 101 Å². The van der Waals surface area contributed by atoms with E-state index in [4.69, 9.17) is 0 Å². The maximum atomic E-state index is 13.3. The third kappa shape index (κ3) is 2.31. The van der Waals surface area contributed by atoms with Crippen molar-refractivity contribution in [1.29, 1.82) is 0 Å². The van der Waals surface area contributed by atoms with Gasteiger partial charge in [0.1, 0.15) is 10.3 Å². The van der Waals surface area contributed by atoms with E-state index < -0.39 is 22.3 Å². The predicted molar refractivity (Wildman–Crippen MR) is 54.5 cm³/mol. The fourth-order valence-corrected chi connectivity index (χ4v) is 1.71. The minimum Gasteiger partial charge on any atom is -0.332 e. The molecule has 8 heteroatoms. The van der Waals surface area contributed by atoms with Crippen LogP contribution < -0.4 is 0 Å². The van der Waals surface area contributed by atoms with Crippen molar-refractivity contribution in [2.45, 2.75) is 6.18 Å². The summed E-state index contributed by atoms with van der Waals surface area (Å²) < 4.78 is 50.3. The number of alkyl halides is 3. The van der Waals surface area contributed by atoms with Crippen LogP contribution in [0.15, 0.2) is 22.9 Å². The van der Waals surface area contributed by atoms with E-state index in [-0.39, 0.29) is 11.5 Å². The molecule has 2 rings (SSSR count). The topological polar surface area (TPSA) is 41.6 Å². The highest BCUT2D eigenvalue weighted by molar-refractivity contribution is 9.10. The summed E-state index contributed by atoms with van der Waals surface area (Å²) in [5.41, 5.74) is -1.33. The van der Waals surface area contributed by atoms with Crippen LogP contribution in [0, 0.1) is 5.82 Å². The number of aromatic nitrogens is 3. The highest BCUT2D eigenvalue weighted by Gasteiger charge is 2.36. The SMILES string of the molecule is Fc1cccnc1-c1nc(Br)c(C(F)(F)F)[nH]1. The lowest BCUT2D eigenvalue weighted by Crippen LogP contribution is -2.06. The number of pyridine rings is 1. The molecule has 2 heterocycles. The lowest BCUT2D eigenvalue weighted by Gasteiger charge is -2.02. The molecule has 0 spiro atoms. The van der Waals surface area contributed by atoms with Crippen LogP contribution >= 0.6 is 15.9 Å². The molecule has 1 N–H and O–H groups in total. The number of nitrogens with zero attached hydrogens (tertiary/aromatic N) is 2. The van der Waals surface area contributed by atoms with Crippen LogP contribution in [0.5, 0.6) is 0 Å². The summed E-state index contributed by atoms with van der Waals surface area (Å²) in [6, 6.07) is 2.42. The van der Waals surface area contributed by atoms with E-state index in [2.05, 4.69) is 25.9 Å². The Morgan fingerprint density at radius 3 is 2.53 bits per heavy atom. The zero-order valence-electron chi connectivity index (χ0n) is 8.02. The van der Waals surface area contributed by atoms with Crippen molar-refractivity contribution in [3.8, 4) is 11.5 Å². The van der Waals surface area contributed by atoms with Crippen LogP contribution in [0.25, 0.3) is 11.5 Å². The molecule has 0 saturated carbocycles. The van der Waals surface area contributed by atoms with Gasteiger partial charge >= 0.3 is 6.18 Å². The number of nitrogens with one attached hydrogen (secondary N) is 1. The number of imidazole rings is 1. The van der Waals surface area contributed by atoms with Crippen LogP contribution in [-0.4, -0.2) is 15.0 Å². The highest BCUT2D eigenvalue weighted by Crippen LogP contribution is 2.34. The fourth-order valence-electron chi connectivity index (χ4n) is 1.21. The smallest absolute Gasteiger partial charge is 0.332 e. The summed E-state index contributed by atoms with van der Waals surface area (Å²) in [7, 11) is 0. The number of halogens is 5. The summed E-state index contributed by atoms with van der Waals surface area (Å²) in [4.78, 5) is 9.17. The molecule has 0 aliphatic heterocycles. The molecule has 0 aromatic carbocycles. The number of hydrogen-bond donors (Lipinski definition) is 1. The largest absolute Gasteiger partial charge is 0.433 e. The first-order chi connectivity index (χ1) is 7.89. The van der Waals surface area contributed by atoms with Gasteiger partial charge < -0.3 is 4.98 Å². The van der Waals surface area contributed by atoms with E-state index in [1.165, 1.54) is 12.3 Å². The molecule has 0 atom stereocenters. The first-order valence-corrected chi connectivity index (χ1v) is 5.12. The van der Waals surface area contributed by atoms with E-state index in [9.17, 15) is 17.6 Å². The molecular weight excluding hydrogens is 306 g/mol.